The van der Waals surface area contributed by atoms with Gasteiger partial charge in [0.15, 0.2) is 0 Å². The first-order valence-electron chi connectivity index (χ1n) is 5.40. The first-order valence-corrected chi connectivity index (χ1v) is 5.40. The predicted molar refractivity (Wildman–Crippen MR) is 62.5 cm³/mol. The minimum absolute atomic E-state index is 0.286. The molecule has 0 saturated heterocycles. The van der Waals surface area contributed by atoms with Crippen LogP contribution in [0.1, 0.15) is 19.4 Å². The maximum atomic E-state index is 12.9. The lowest BCUT2D eigenvalue weighted by molar-refractivity contribution is -0.126. The number of hydrogen-bond donors (Lipinski definition) is 1. The Bertz CT molecular complexity index is 449. The molecule has 1 aromatic carbocycles. The largest absolute Gasteiger partial charge is 0.354 e. The summed E-state index contributed by atoms with van der Waals surface area (Å²) in [6, 6.07) is 8.16. The van der Waals surface area contributed by atoms with Gasteiger partial charge in [0, 0.05) is 6.54 Å². The molecule has 0 heterocycles. The quantitative estimate of drug-likeness (QED) is 0.866. The molecule has 4 heteroatoms. The van der Waals surface area contributed by atoms with Gasteiger partial charge in [-0.05, 0) is 38.0 Å². The molecule has 0 saturated carbocycles. The SMILES string of the molecule is CC(C)(C#N)C(=O)NCCc1cccc(F)c1. The van der Waals surface area contributed by atoms with Crippen molar-refractivity contribution < 1.29 is 9.18 Å². The average Bonchev–Trinajstić information content (AvgIpc) is 2.29. The van der Waals surface area contributed by atoms with Crippen LogP contribution in [-0.2, 0) is 11.2 Å². The Morgan fingerprint density at radius 1 is 1.53 bits per heavy atom. The number of benzene rings is 1. The second-order valence-corrected chi connectivity index (χ2v) is 4.37. The molecule has 0 aliphatic rings. The van der Waals surface area contributed by atoms with E-state index < -0.39 is 5.41 Å². The highest BCUT2D eigenvalue weighted by molar-refractivity contribution is 5.84. The van der Waals surface area contributed by atoms with Gasteiger partial charge in [-0.15, -0.1) is 0 Å². The zero-order valence-corrected chi connectivity index (χ0v) is 9.96. The van der Waals surface area contributed by atoms with Crippen molar-refractivity contribution in [2.24, 2.45) is 5.41 Å². The van der Waals surface area contributed by atoms with Crippen LogP contribution >= 0.6 is 0 Å². The van der Waals surface area contributed by atoms with Crippen LogP contribution < -0.4 is 5.32 Å². The van der Waals surface area contributed by atoms with Crippen molar-refractivity contribution in [2.45, 2.75) is 20.3 Å². The molecular formula is C13H15FN2O. The summed E-state index contributed by atoms with van der Waals surface area (Å²) >= 11 is 0. The number of nitrogens with zero attached hydrogens (tertiary/aromatic N) is 1. The van der Waals surface area contributed by atoms with Crippen LogP contribution in [-0.4, -0.2) is 12.5 Å². The van der Waals surface area contributed by atoms with Crippen molar-refractivity contribution >= 4 is 5.91 Å². The Balaban J connectivity index is 2.44. The van der Waals surface area contributed by atoms with Gasteiger partial charge >= 0.3 is 0 Å². The molecule has 17 heavy (non-hydrogen) atoms. The van der Waals surface area contributed by atoms with E-state index in [0.717, 1.165) is 5.56 Å². The van der Waals surface area contributed by atoms with Gasteiger partial charge < -0.3 is 5.32 Å². The van der Waals surface area contributed by atoms with E-state index in [4.69, 9.17) is 5.26 Å². The first-order chi connectivity index (χ1) is 7.95. The van der Waals surface area contributed by atoms with Crippen molar-refractivity contribution in [2.75, 3.05) is 6.54 Å². The second-order valence-electron chi connectivity index (χ2n) is 4.37. The zero-order valence-electron chi connectivity index (χ0n) is 9.96. The van der Waals surface area contributed by atoms with Gasteiger partial charge in [0.25, 0.3) is 0 Å². The van der Waals surface area contributed by atoms with Crippen LogP contribution in [0.15, 0.2) is 24.3 Å². The Hall–Kier alpha value is -1.89. The number of hydrogen-bond acceptors (Lipinski definition) is 2. The van der Waals surface area contributed by atoms with Gasteiger partial charge in [0.1, 0.15) is 11.2 Å². The van der Waals surface area contributed by atoms with E-state index in [1.54, 1.807) is 26.0 Å². The van der Waals surface area contributed by atoms with Gasteiger partial charge in [-0.2, -0.15) is 5.26 Å². The summed E-state index contributed by atoms with van der Waals surface area (Å²) in [5.41, 5.74) is -0.206. The molecule has 1 N–H and O–H groups in total. The van der Waals surface area contributed by atoms with Gasteiger partial charge in [-0.3, -0.25) is 4.79 Å². The summed E-state index contributed by atoms with van der Waals surface area (Å²) in [5, 5.41) is 11.4. The predicted octanol–water partition coefficient (Wildman–Crippen LogP) is 2.03. The van der Waals surface area contributed by atoms with Crippen molar-refractivity contribution in [3.63, 3.8) is 0 Å². The molecule has 0 radical (unpaired) electrons. The third-order valence-corrected chi connectivity index (χ3v) is 2.44. The van der Waals surface area contributed by atoms with Crippen LogP contribution in [0.4, 0.5) is 4.39 Å². The van der Waals surface area contributed by atoms with Crippen LogP contribution in [0.3, 0.4) is 0 Å². The fourth-order valence-corrected chi connectivity index (χ4v) is 1.28. The Morgan fingerprint density at radius 2 is 2.24 bits per heavy atom. The lowest BCUT2D eigenvalue weighted by Crippen LogP contribution is -2.36. The Labute approximate surface area is 100 Å². The van der Waals surface area contributed by atoms with Crippen molar-refractivity contribution in [1.82, 2.24) is 5.32 Å². The van der Waals surface area contributed by atoms with Gasteiger partial charge in [-0.25, -0.2) is 4.39 Å². The van der Waals surface area contributed by atoms with Crippen LogP contribution in [0, 0.1) is 22.6 Å². The maximum Gasteiger partial charge on any atom is 0.239 e. The van der Waals surface area contributed by atoms with E-state index in [2.05, 4.69) is 5.32 Å². The van der Waals surface area contributed by atoms with E-state index in [0.29, 0.717) is 13.0 Å². The Morgan fingerprint density at radius 3 is 2.82 bits per heavy atom. The molecule has 90 valence electrons. The molecule has 3 nitrogen and oxygen atoms in total. The van der Waals surface area contributed by atoms with E-state index in [1.807, 2.05) is 6.07 Å². The molecule has 0 aliphatic carbocycles. The van der Waals surface area contributed by atoms with E-state index in [9.17, 15) is 9.18 Å². The fourth-order valence-electron chi connectivity index (χ4n) is 1.28. The summed E-state index contributed by atoms with van der Waals surface area (Å²) in [4.78, 5) is 11.5. The lowest BCUT2D eigenvalue weighted by Gasteiger charge is -2.14. The highest BCUT2D eigenvalue weighted by atomic mass is 19.1. The van der Waals surface area contributed by atoms with Crippen LogP contribution in [0.5, 0.6) is 0 Å². The molecular weight excluding hydrogens is 219 g/mol. The van der Waals surface area contributed by atoms with Crippen molar-refractivity contribution in [3.8, 4) is 6.07 Å². The summed E-state index contributed by atoms with van der Waals surface area (Å²) in [6.07, 6.45) is 0.547. The first kappa shape index (κ1) is 13.2. The molecule has 1 aromatic rings. The monoisotopic (exact) mass is 234 g/mol. The number of rotatable bonds is 4. The van der Waals surface area contributed by atoms with Gasteiger partial charge in [-0.1, -0.05) is 12.1 Å². The molecule has 0 aromatic heterocycles. The molecule has 1 amide bonds. The number of halogens is 1. The standard InChI is InChI=1S/C13H15FN2O/c1-13(2,9-15)12(17)16-7-6-10-4-3-5-11(14)8-10/h3-5,8H,6-7H2,1-2H3,(H,16,17). The Kier molecular flexibility index (Phi) is 4.22. The third kappa shape index (κ3) is 3.87. The topological polar surface area (TPSA) is 52.9 Å². The number of carbonyl (C=O) groups is 1. The van der Waals surface area contributed by atoms with Crippen LogP contribution in [0.25, 0.3) is 0 Å². The van der Waals surface area contributed by atoms with Gasteiger partial charge in [0.2, 0.25) is 5.91 Å². The number of nitrogens with one attached hydrogen (secondary N) is 1. The minimum atomic E-state index is -1.03. The van der Waals surface area contributed by atoms with E-state index >= 15 is 0 Å². The number of carbonyl (C=O) groups excluding carboxylic acids is 1. The molecule has 0 aliphatic heterocycles. The molecule has 0 spiro atoms. The summed E-state index contributed by atoms with van der Waals surface area (Å²) in [6.45, 7) is 3.52. The van der Waals surface area contributed by atoms with Crippen LogP contribution in [0.2, 0.25) is 0 Å². The normalized spacial score (nSPS) is 10.7. The zero-order chi connectivity index (χ0) is 12.9. The van der Waals surface area contributed by atoms with Gasteiger partial charge in [0.05, 0.1) is 6.07 Å². The molecule has 0 atom stereocenters. The molecule has 1 rings (SSSR count). The van der Waals surface area contributed by atoms with Crippen molar-refractivity contribution in [1.29, 1.82) is 5.26 Å². The van der Waals surface area contributed by atoms with E-state index in [1.165, 1.54) is 12.1 Å². The molecule has 0 unspecified atom stereocenters. The maximum absolute atomic E-state index is 12.9. The average molecular weight is 234 g/mol. The number of nitriles is 1. The lowest BCUT2D eigenvalue weighted by atomic mass is 9.95. The third-order valence-electron chi connectivity index (χ3n) is 2.44. The number of amides is 1. The minimum Gasteiger partial charge on any atom is -0.354 e. The molecule has 0 bridgehead atoms. The summed E-state index contributed by atoms with van der Waals surface area (Å²) in [7, 11) is 0. The highest BCUT2D eigenvalue weighted by Crippen LogP contribution is 2.12. The molecule has 0 fully saturated rings. The van der Waals surface area contributed by atoms with Crippen molar-refractivity contribution in [3.05, 3.63) is 35.6 Å². The highest BCUT2D eigenvalue weighted by Gasteiger charge is 2.26. The summed E-state index contributed by atoms with van der Waals surface area (Å²) in [5.74, 6) is -0.595. The van der Waals surface area contributed by atoms with E-state index in [-0.39, 0.29) is 11.7 Å². The smallest absolute Gasteiger partial charge is 0.239 e. The second kappa shape index (κ2) is 5.44. The summed E-state index contributed by atoms with van der Waals surface area (Å²) < 4.78 is 12.9. The fraction of sp³-hybridized carbons (Fsp3) is 0.385.